The van der Waals surface area contributed by atoms with E-state index in [2.05, 4.69) is 9.97 Å². The van der Waals surface area contributed by atoms with Gasteiger partial charge in [0.05, 0.1) is 24.5 Å². The van der Waals surface area contributed by atoms with Gasteiger partial charge in [-0.2, -0.15) is 16.7 Å². The zero-order valence-corrected chi connectivity index (χ0v) is 12.1. The van der Waals surface area contributed by atoms with E-state index in [9.17, 15) is 14.9 Å². The number of carboxylic acid groups (broad SMARTS) is 1. The lowest BCUT2D eigenvalue weighted by atomic mass is 10.2. The van der Waals surface area contributed by atoms with Crippen LogP contribution in [0.25, 0.3) is 0 Å². The molecule has 9 nitrogen and oxygen atoms in total. The largest absolute Gasteiger partial charge is 0.481 e. The summed E-state index contributed by atoms with van der Waals surface area (Å²) in [7, 11) is 1.29. The minimum absolute atomic E-state index is 0.101. The summed E-state index contributed by atoms with van der Waals surface area (Å²) >= 11 is 1.62. The maximum absolute atomic E-state index is 11.3. The first-order valence-electron chi connectivity index (χ1n) is 6.14. The van der Waals surface area contributed by atoms with Crippen LogP contribution >= 0.6 is 11.8 Å². The number of aliphatic carboxylic acids is 1. The third-order valence-electron chi connectivity index (χ3n) is 3.06. The van der Waals surface area contributed by atoms with Gasteiger partial charge in [0.2, 0.25) is 5.82 Å². The molecule has 0 saturated carbocycles. The number of rotatable bonds is 5. The molecule has 1 saturated heterocycles. The summed E-state index contributed by atoms with van der Waals surface area (Å²) in [5.74, 6) is 0.363. The highest BCUT2D eigenvalue weighted by molar-refractivity contribution is 7.99. The van der Waals surface area contributed by atoms with E-state index in [4.69, 9.17) is 9.84 Å². The van der Waals surface area contributed by atoms with Crippen LogP contribution in [0.5, 0.6) is 5.88 Å². The smallest absolute Gasteiger partial charge is 0.372 e. The summed E-state index contributed by atoms with van der Waals surface area (Å²) in [6, 6.07) is -0.348. The highest BCUT2D eigenvalue weighted by Crippen LogP contribution is 2.36. The van der Waals surface area contributed by atoms with Gasteiger partial charge in [0, 0.05) is 18.1 Å². The molecular formula is C11H14N4O5S. The van der Waals surface area contributed by atoms with Crippen molar-refractivity contribution in [1.82, 2.24) is 9.97 Å². The van der Waals surface area contributed by atoms with E-state index in [1.165, 1.54) is 13.4 Å². The number of nitro groups is 1. The van der Waals surface area contributed by atoms with E-state index in [1.54, 1.807) is 16.7 Å². The molecule has 1 atom stereocenters. The molecular weight excluding hydrogens is 300 g/mol. The Morgan fingerprint density at radius 2 is 2.43 bits per heavy atom. The van der Waals surface area contributed by atoms with Gasteiger partial charge in [-0.1, -0.05) is 0 Å². The average molecular weight is 314 g/mol. The van der Waals surface area contributed by atoms with Crippen LogP contribution in [0.2, 0.25) is 0 Å². The van der Waals surface area contributed by atoms with Gasteiger partial charge >= 0.3 is 11.7 Å². The van der Waals surface area contributed by atoms with Gasteiger partial charge in [0.15, 0.2) is 0 Å². The van der Waals surface area contributed by atoms with Crippen molar-refractivity contribution in [2.75, 3.05) is 30.1 Å². The molecule has 21 heavy (non-hydrogen) atoms. The molecule has 0 spiro atoms. The van der Waals surface area contributed by atoms with Gasteiger partial charge in [-0.25, -0.2) is 4.98 Å². The summed E-state index contributed by atoms with van der Waals surface area (Å²) in [5, 5.41) is 20.3. The number of nitrogens with zero attached hydrogens (tertiary/aromatic N) is 4. The lowest BCUT2D eigenvalue weighted by molar-refractivity contribution is -0.385. The third-order valence-corrected chi connectivity index (χ3v) is 4.15. The first-order valence-corrected chi connectivity index (χ1v) is 7.29. The molecule has 1 unspecified atom stereocenters. The first-order chi connectivity index (χ1) is 10.0. The molecule has 0 bridgehead atoms. The monoisotopic (exact) mass is 314 g/mol. The van der Waals surface area contributed by atoms with Gasteiger partial charge in [-0.3, -0.25) is 14.9 Å². The number of carboxylic acids is 1. The summed E-state index contributed by atoms with van der Waals surface area (Å²) in [5.41, 5.74) is -0.331. The van der Waals surface area contributed by atoms with Crippen molar-refractivity contribution in [3.05, 3.63) is 16.4 Å². The van der Waals surface area contributed by atoms with Crippen molar-refractivity contribution in [2.45, 2.75) is 12.5 Å². The molecule has 2 heterocycles. The fourth-order valence-corrected chi connectivity index (χ4v) is 3.24. The van der Waals surface area contributed by atoms with Crippen LogP contribution in [-0.4, -0.2) is 57.2 Å². The van der Waals surface area contributed by atoms with Gasteiger partial charge in [0.1, 0.15) is 6.33 Å². The number of anilines is 1. The molecule has 1 aliphatic rings. The Morgan fingerprint density at radius 1 is 1.67 bits per heavy atom. The maximum Gasteiger partial charge on any atom is 0.372 e. The number of carbonyl (C=O) groups is 1. The summed E-state index contributed by atoms with van der Waals surface area (Å²) in [6.07, 6.45) is 1.08. The number of hydrogen-bond donors (Lipinski definition) is 1. The quantitative estimate of drug-likeness (QED) is 0.621. The molecule has 1 N–H and O–H groups in total. The van der Waals surface area contributed by atoms with Crippen LogP contribution in [0.3, 0.4) is 0 Å². The fourth-order valence-electron chi connectivity index (χ4n) is 2.18. The molecule has 2 rings (SSSR count). The standard InChI is InChI=1S/C11H14N4O5S/c1-20-11-9(15(18)19)10(12-6-13-11)14-2-3-21-5-7(14)4-8(16)17/h6-7H,2-5H2,1H3,(H,16,17). The fraction of sp³-hybridized carbons (Fsp3) is 0.545. The Kier molecular flexibility index (Phi) is 4.78. The van der Waals surface area contributed by atoms with E-state index in [1.807, 2.05) is 0 Å². The SMILES string of the molecule is COc1ncnc(N2CCSCC2CC(=O)O)c1[N+](=O)[O-]. The Balaban J connectivity index is 2.42. The number of aromatic nitrogens is 2. The van der Waals surface area contributed by atoms with Crippen LogP contribution < -0.4 is 9.64 Å². The molecule has 114 valence electrons. The highest BCUT2D eigenvalue weighted by atomic mass is 32.2. The summed E-state index contributed by atoms with van der Waals surface area (Å²) in [4.78, 5) is 31.0. The van der Waals surface area contributed by atoms with Crippen molar-refractivity contribution < 1.29 is 19.6 Å². The molecule has 0 aliphatic carbocycles. The van der Waals surface area contributed by atoms with Crippen LogP contribution in [-0.2, 0) is 4.79 Å². The second-order valence-corrected chi connectivity index (χ2v) is 5.48. The van der Waals surface area contributed by atoms with E-state index in [0.29, 0.717) is 12.3 Å². The molecule has 10 heteroatoms. The Hall–Kier alpha value is -2.10. The number of thioether (sulfide) groups is 1. The lowest BCUT2D eigenvalue weighted by Crippen LogP contribution is -2.44. The predicted octanol–water partition coefficient (Wildman–Crippen LogP) is 0.790. The average Bonchev–Trinajstić information content (AvgIpc) is 2.46. The lowest BCUT2D eigenvalue weighted by Gasteiger charge is -2.35. The number of ether oxygens (including phenoxy) is 1. The van der Waals surface area contributed by atoms with Crippen molar-refractivity contribution in [3.8, 4) is 5.88 Å². The zero-order chi connectivity index (χ0) is 15.4. The summed E-state index contributed by atoms with van der Waals surface area (Å²) in [6.45, 7) is 0.490. The highest BCUT2D eigenvalue weighted by Gasteiger charge is 2.34. The van der Waals surface area contributed by atoms with Gasteiger partial charge in [-0.15, -0.1) is 0 Å². The molecule has 0 radical (unpaired) electrons. The maximum atomic E-state index is 11.3. The van der Waals surface area contributed by atoms with Crippen LogP contribution in [0.15, 0.2) is 6.33 Å². The number of hydrogen-bond acceptors (Lipinski definition) is 8. The van der Waals surface area contributed by atoms with Gasteiger partial charge in [-0.05, 0) is 0 Å². The topological polar surface area (TPSA) is 119 Å². The van der Waals surface area contributed by atoms with E-state index in [-0.39, 0.29) is 29.8 Å². The molecule has 1 aliphatic heterocycles. The second-order valence-electron chi connectivity index (χ2n) is 4.33. The van der Waals surface area contributed by atoms with Crippen molar-refractivity contribution in [3.63, 3.8) is 0 Å². The second kappa shape index (κ2) is 6.57. The Morgan fingerprint density at radius 3 is 3.05 bits per heavy atom. The van der Waals surface area contributed by atoms with Gasteiger partial charge in [0.25, 0.3) is 5.88 Å². The van der Waals surface area contributed by atoms with Crippen LogP contribution in [0.1, 0.15) is 6.42 Å². The predicted molar refractivity (Wildman–Crippen MR) is 76.0 cm³/mol. The summed E-state index contributed by atoms with van der Waals surface area (Å²) < 4.78 is 4.91. The first kappa shape index (κ1) is 15.3. The Labute approximate surface area is 124 Å². The molecule has 1 aromatic heterocycles. The minimum atomic E-state index is -0.948. The molecule has 1 fully saturated rings. The van der Waals surface area contributed by atoms with E-state index >= 15 is 0 Å². The molecule has 0 aromatic carbocycles. The van der Waals surface area contributed by atoms with E-state index in [0.717, 1.165) is 5.75 Å². The van der Waals surface area contributed by atoms with Crippen molar-refractivity contribution in [2.24, 2.45) is 0 Å². The van der Waals surface area contributed by atoms with Crippen LogP contribution in [0, 0.1) is 10.1 Å². The van der Waals surface area contributed by atoms with Gasteiger partial charge < -0.3 is 14.7 Å². The normalized spacial score (nSPS) is 18.3. The minimum Gasteiger partial charge on any atom is -0.481 e. The number of methoxy groups -OCH3 is 1. The Bertz CT molecular complexity index is 555. The van der Waals surface area contributed by atoms with E-state index < -0.39 is 10.9 Å². The zero-order valence-electron chi connectivity index (χ0n) is 11.3. The van der Waals surface area contributed by atoms with Crippen molar-refractivity contribution >= 4 is 29.2 Å². The molecule has 0 amide bonds. The molecule has 1 aromatic rings. The van der Waals surface area contributed by atoms with Crippen molar-refractivity contribution in [1.29, 1.82) is 0 Å². The van der Waals surface area contributed by atoms with Crippen LogP contribution in [0.4, 0.5) is 11.5 Å². The third kappa shape index (κ3) is 3.32.